The van der Waals surface area contributed by atoms with E-state index in [0.29, 0.717) is 0 Å². The van der Waals surface area contributed by atoms with Crippen LogP contribution in [0.5, 0.6) is 17.2 Å². The SMILES string of the molecule is C=C(CO)C(=O)Oc1ccc(/C=C/C(=O)Oc2ccc(OC(=O)C(=C)CC(=O)OC3CCCCC3)cc2)c(F)c1. The molecule has 1 aliphatic rings. The molecule has 10 heteroatoms. The molecule has 1 saturated carbocycles. The predicted octanol–water partition coefficient (Wildman–Crippen LogP) is 4.63. The summed E-state index contributed by atoms with van der Waals surface area (Å²) < 4.78 is 34.9. The second-order valence-electron chi connectivity index (χ2n) is 8.98. The van der Waals surface area contributed by atoms with Gasteiger partial charge in [-0.05, 0) is 68.2 Å². The average Bonchev–Trinajstić information content (AvgIpc) is 2.93. The Morgan fingerprint density at radius 2 is 1.43 bits per heavy atom. The smallest absolute Gasteiger partial charge is 0.341 e. The number of ether oxygens (including phenoxy) is 4. The molecule has 0 aliphatic heterocycles. The molecule has 0 heterocycles. The first-order valence-electron chi connectivity index (χ1n) is 12.5. The summed E-state index contributed by atoms with van der Waals surface area (Å²) in [5, 5.41) is 8.88. The van der Waals surface area contributed by atoms with Gasteiger partial charge in [0.25, 0.3) is 0 Å². The van der Waals surface area contributed by atoms with Crippen LogP contribution in [0.3, 0.4) is 0 Å². The van der Waals surface area contributed by atoms with E-state index < -0.39 is 36.3 Å². The van der Waals surface area contributed by atoms with Crippen molar-refractivity contribution in [3.63, 3.8) is 0 Å². The topological polar surface area (TPSA) is 125 Å². The summed E-state index contributed by atoms with van der Waals surface area (Å²) in [6.07, 6.45) is 6.58. The lowest BCUT2D eigenvalue weighted by Gasteiger charge is -2.21. The molecule has 1 aliphatic carbocycles. The van der Waals surface area contributed by atoms with Gasteiger partial charge in [0, 0.05) is 23.3 Å². The van der Waals surface area contributed by atoms with Gasteiger partial charge < -0.3 is 24.1 Å². The number of esters is 4. The first-order chi connectivity index (χ1) is 19.1. The molecule has 0 radical (unpaired) electrons. The van der Waals surface area contributed by atoms with Crippen LogP contribution in [0.1, 0.15) is 44.1 Å². The van der Waals surface area contributed by atoms with Crippen molar-refractivity contribution < 1.29 is 47.6 Å². The van der Waals surface area contributed by atoms with E-state index in [1.165, 1.54) is 42.5 Å². The molecule has 0 amide bonds. The quantitative estimate of drug-likeness (QED) is 0.241. The molecule has 0 spiro atoms. The van der Waals surface area contributed by atoms with Crippen molar-refractivity contribution in [2.75, 3.05) is 6.61 Å². The maximum Gasteiger partial charge on any atom is 0.341 e. The van der Waals surface area contributed by atoms with E-state index in [2.05, 4.69) is 13.2 Å². The summed E-state index contributed by atoms with van der Waals surface area (Å²) in [4.78, 5) is 48.1. The third-order valence-electron chi connectivity index (χ3n) is 5.81. The van der Waals surface area contributed by atoms with Gasteiger partial charge >= 0.3 is 23.9 Å². The van der Waals surface area contributed by atoms with Crippen molar-refractivity contribution in [3.05, 3.63) is 84.2 Å². The van der Waals surface area contributed by atoms with E-state index in [1.54, 1.807) is 0 Å². The zero-order valence-electron chi connectivity index (χ0n) is 21.7. The Morgan fingerprint density at radius 1 is 0.850 bits per heavy atom. The zero-order chi connectivity index (χ0) is 29.1. The van der Waals surface area contributed by atoms with Gasteiger partial charge in [-0.15, -0.1) is 0 Å². The van der Waals surface area contributed by atoms with E-state index >= 15 is 0 Å². The normalized spacial score (nSPS) is 13.3. The number of hydrogen-bond donors (Lipinski definition) is 1. The van der Waals surface area contributed by atoms with E-state index in [9.17, 15) is 23.6 Å². The fraction of sp³-hybridized carbons (Fsp3) is 0.267. The lowest BCUT2D eigenvalue weighted by molar-refractivity contribution is -0.150. The fourth-order valence-electron chi connectivity index (χ4n) is 3.67. The average molecular weight is 553 g/mol. The molecule has 0 unspecified atom stereocenters. The molecular formula is C30H29FO9. The van der Waals surface area contributed by atoms with Gasteiger partial charge in [0.1, 0.15) is 29.2 Å². The maximum atomic E-state index is 14.3. The number of halogens is 1. The Bertz CT molecular complexity index is 1300. The summed E-state index contributed by atoms with van der Waals surface area (Å²) >= 11 is 0. The van der Waals surface area contributed by atoms with Crippen molar-refractivity contribution in [1.82, 2.24) is 0 Å². The molecule has 210 valence electrons. The van der Waals surface area contributed by atoms with Crippen LogP contribution in [0.4, 0.5) is 4.39 Å². The first kappa shape index (κ1) is 30.0. The Labute approximate surface area is 230 Å². The van der Waals surface area contributed by atoms with Crippen LogP contribution in [0.25, 0.3) is 6.08 Å². The molecular weight excluding hydrogens is 523 g/mol. The molecule has 0 bridgehead atoms. The standard InChI is InChI=1S/C30H29FO9/c1-19(16-28(34)38-22-6-4-3-5-7-22)29(35)39-24-13-11-23(12-14-24)37-27(33)15-9-21-8-10-25(17-26(21)31)40-30(36)20(2)18-32/h8-15,17,22,32H,1-7,16,18H2/b15-9+. The number of benzene rings is 2. The van der Waals surface area contributed by atoms with Crippen LogP contribution in [-0.4, -0.2) is 41.7 Å². The summed E-state index contributed by atoms with van der Waals surface area (Å²) in [5.41, 5.74) is -0.200. The fourth-order valence-corrected chi connectivity index (χ4v) is 3.67. The lowest BCUT2D eigenvalue weighted by Crippen LogP contribution is -2.22. The third-order valence-corrected chi connectivity index (χ3v) is 5.81. The van der Waals surface area contributed by atoms with E-state index in [1.807, 2.05) is 0 Å². The molecule has 9 nitrogen and oxygen atoms in total. The van der Waals surface area contributed by atoms with Gasteiger partial charge in [-0.2, -0.15) is 0 Å². The highest BCUT2D eigenvalue weighted by atomic mass is 19.1. The number of carbonyl (C=O) groups is 4. The molecule has 1 N–H and O–H groups in total. The molecule has 0 saturated heterocycles. The van der Waals surface area contributed by atoms with Gasteiger partial charge in [-0.1, -0.05) is 19.6 Å². The van der Waals surface area contributed by atoms with Gasteiger partial charge in [0.2, 0.25) is 0 Å². The summed E-state index contributed by atoms with van der Waals surface area (Å²) in [6, 6.07) is 9.10. The van der Waals surface area contributed by atoms with Crippen LogP contribution in [0.2, 0.25) is 0 Å². The molecule has 0 aromatic heterocycles. The van der Waals surface area contributed by atoms with E-state index in [-0.39, 0.29) is 46.5 Å². The Balaban J connectivity index is 1.47. The molecule has 40 heavy (non-hydrogen) atoms. The number of aliphatic hydroxyl groups excluding tert-OH is 1. The Kier molecular flexibility index (Phi) is 10.9. The van der Waals surface area contributed by atoms with Crippen molar-refractivity contribution in [2.45, 2.75) is 44.6 Å². The van der Waals surface area contributed by atoms with Gasteiger partial charge in [-0.3, -0.25) is 4.79 Å². The van der Waals surface area contributed by atoms with Crippen LogP contribution < -0.4 is 14.2 Å². The second kappa shape index (κ2) is 14.5. The summed E-state index contributed by atoms with van der Waals surface area (Å²) in [7, 11) is 0. The van der Waals surface area contributed by atoms with Gasteiger partial charge in [-0.25, -0.2) is 18.8 Å². The minimum atomic E-state index is -0.894. The minimum absolute atomic E-state index is 0.0304. The third kappa shape index (κ3) is 9.32. The number of hydrogen-bond acceptors (Lipinski definition) is 9. The number of carbonyl (C=O) groups excluding carboxylic acids is 4. The van der Waals surface area contributed by atoms with Gasteiger partial charge in [0.05, 0.1) is 18.6 Å². The number of aliphatic hydroxyl groups is 1. The van der Waals surface area contributed by atoms with Crippen LogP contribution >= 0.6 is 0 Å². The number of rotatable bonds is 11. The largest absolute Gasteiger partial charge is 0.462 e. The Morgan fingerprint density at radius 3 is 2.05 bits per heavy atom. The maximum absolute atomic E-state index is 14.3. The van der Waals surface area contributed by atoms with Crippen molar-refractivity contribution in [3.8, 4) is 17.2 Å². The van der Waals surface area contributed by atoms with Crippen molar-refractivity contribution in [2.24, 2.45) is 0 Å². The zero-order valence-corrected chi connectivity index (χ0v) is 21.7. The lowest BCUT2D eigenvalue weighted by atomic mass is 9.98. The van der Waals surface area contributed by atoms with Crippen LogP contribution in [-0.2, 0) is 23.9 Å². The molecule has 1 fully saturated rings. The minimum Gasteiger partial charge on any atom is -0.462 e. The van der Waals surface area contributed by atoms with Crippen LogP contribution in [0, 0.1) is 5.82 Å². The first-order valence-corrected chi connectivity index (χ1v) is 12.5. The predicted molar refractivity (Wildman–Crippen MR) is 142 cm³/mol. The molecule has 2 aromatic carbocycles. The highest BCUT2D eigenvalue weighted by Crippen LogP contribution is 2.23. The molecule has 2 aromatic rings. The van der Waals surface area contributed by atoms with Crippen LogP contribution in [0.15, 0.2) is 72.8 Å². The summed E-state index contributed by atoms with van der Waals surface area (Å²) in [5.74, 6) is -3.58. The van der Waals surface area contributed by atoms with Crippen molar-refractivity contribution >= 4 is 30.0 Å². The monoisotopic (exact) mass is 552 g/mol. The molecule has 3 rings (SSSR count). The van der Waals surface area contributed by atoms with Gasteiger partial charge in [0.15, 0.2) is 0 Å². The van der Waals surface area contributed by atoms with E-state index in [0.717, 1.165) is 44.2 Å². The Hall–Kier alpha value is -4.57. The molecule has 0 atom stereocenters. The second-order valence-corrected chi connectivity index (χ2v) is 8.98. The highest BCUT2D eigenvalue weighted by Gasteiger charge is 2.21. The van der Waals surface area contributed by atoms with Crippen molar-refractivity contribution in [1.29, 1.82) is 0 Å². The van der Waals surface area contributed by atoms with E-state index in [4.69, 9.17) is 24.1 Å². The summed E-state index contributed by atoms with van der Waals surface area (Å²) in [6.45, 7) is 6.34. The highest BCUT2D eigenvalue weighted by molar-refractivity contribution is 5.94.